The lowest BCUT2D eigenvalue weighted by atomic mass is 9.94. The van der Waals surface area contributed by atoms with Gasteiger partial charge in [0.25, 0.3) is 5.24 Å². The van der Waals surface area contributed by atoms with Gasteiger partial charge in [0.2, 0.25) is 5.91 Å². The number of amides is 2. The van der Waals surface area contributed by atoms with Crippen LogP contribution in [0.2, 0.25) is 0 Å². The minimum Gasteiger partial charge on any atom is -0.273 e. The lowest BCUT2D eigenvalue weighted by Gasteiger charge is -2.22. The number of thiol groups is 1. The number of benzene rings is 2. The lowest BCUT2D eigenvalue weighted by molar-refractivity contribution is -0.121. The molecule has 0 radical (unpaired) electrons. The zero-order chi connectivity index (χ0) is 18.7. The number of nitrogens with zero attached hydrogens (tertiary/aromatic N) is 3. The summed E-state index contributed by atoms with van der Waals surface area (Å²) in [5.41, 5.74) is 5.96. The quantitative estimate of drug-likeness (QED) is 0.816. The van der Waals surface area contributed by atoms with Gasteiger partial charge in [-0.1, -0.05) is 31.7 Å². The summed E-state index contributed by atoms with van der Waals surface area (Å²) in [7, 11) is 0. The standard InChI is InChI=1S/C19H16N4O2S/c1-12-10-17(24)21-22-18(12)14-4-8-16(9-5-14)23(19(25)26)15-6-2-13(11-20)3-7-15/h2-9,12H,10H2,1H3,(H,21,24)(H,25,26). The SMILES string of the molecule is CC1CC(=O)NN=C1c1ccc(N(C(=O)S)c2ccc(C#N)cc2)cc1. The van der Waals surface area contributed by atoms with Crippen LogP contribution in [0.3, 0.4) is 0 Å². The highest BCUT2D eigenvalue weighted by atomic mass is 32.1. The second kappa shape index (κ2) is 7.42. The largest absolute Gasteiger partial charge is 0.287 e. The van der Waals surface area contributed by atoms with Gasteiger partial charge in [-0.25, -0.2) is 5.43 Å². The van der Waals surface area contributed by atoms with Crippen LogP contribution in [0.15, 0.2) is 53.6 Å². The van der Waals surface area contributed by atoms with Gasteiger partial charge in [0.1, 0.15) is 0 Å². The predicted molar refractivity (Wildman–Crippen MR) is 103 cm³/mol. The molecule has 2 aromatic rings. The molecule has 1 heterocycles. The first kappa shape index (κ1) is 17.7. The van der Waals surface area contributed by atoms with Crippen molar-refractivity contribution in [1.29, 1.82) is 5.26 Å². The van der Waals surface area contributed by atoms with Crippen molar-refractivity contribution in [1.82, 2.24) is 5.43 Å². The third-order valence-electron chi connectivity index (χ3n) is 4.13. The molecular formula is C19H16N4O2S. The fourth-order valence-electron chi connectivity index (χ4n) is 2.84. The summed E-state index contributed by atoms with van der Waals surface area (Å²) in [6.07, 6.45) is 0.396. The van der Waals surface area contributed by atoms with Crippen LogP contribution in [-0.2, 0) is 4.79 Å². The number of nitriles is 1. The Morgan fingerprint density at radius 3 is 2.27 bits per heavy atom. The molecule has 1 N–H and O–H groups in total. The maximum Gasteiger partial charge on any atom is 0.287 e. The Morgan fingerprint density at radius 2 is 1.77 bits per heavy atom. The lowest BCUT2D eigenvalue weighted by Crippen LogP contribution is -2.32. The van der Waals surface area contributed by atoms with E-state index >= 15 is 0 Å². The van der Waals surface area contributed by atoms with Crippen LogP contribution in [0.25, 0.3) is 0 Å². The minimum absolute atomic E-state index is 0.0238. The Balaban J connectivity index is 1.91. The third-order valence-corrected chi connectivity index (χ3v) is 4.33. The number of rotatable bonds is 3. The monoisotopic (exact) mass is 364 g/mol. The van der Waals surface area contributed by atoms with Gasteiger partial charge in [0, 0.05) is 23.7 Å². The molecule has 1 atom stereocenters. The summed E-state index contributed by atoms with van der Waals surface area (Å²) in [4.78, 5) is 24.9. The van der Waals surface area contributed by atoms with Gasteiger partial charge in [-0.2, -0.15) is 10.4 Å². The van der Waals surface area contributed by atoms with Crippen molar-refractivity contribution in [3.05, 3.63) is 59.7 Å². The summed E-state index contributed by atoms with van der Waals surface area (Å²) in [5, 5.41) is 12.6. The highest BCUT2D eigenvalue weighted by Crippen LogP contribution is 2.28. The van der Waals surface area contributed by atoms with Gasteiger partial charge in [0.15, 0.2) is 0 Å². The fraction of sp³-hybridized carbons (Fsp3) is 0.158. The van der Waals surface area contributed by atoms with Crippen molar-refractivity contribution in [2.45, 2.75) is 13.3 Å². The molecule has 3 rings (SSSR count). The van der Waals surface area contributed by atoms with E-state index in [9.17, 15) is 9.59 Å². The third kappa shape index (κ3) is 3.60. The Labute approximate surface area is 156 Å². The van der Waals surface area contributed by atoms with Crippen LogP contribution in [0, 0.1) is 17.2 Å². The average Bonchev–Trinajstić information content (AvgIpc) is 2.63. The highest BCUT2D eigenvalue weighted by molar-refractivity contribution is 7.97. The van der Waals surface area contributed by atoms with Crippen molar-refractivity contribution in [2.75, 3.05) is 4.90 Å². The average molecular weight is 364 g/mol. The molecule has 7 heteroatoms. The van der Waals surface area contributed by atoms with E-state index < -0.39 is 5.24 Å². The highest BCUT2D eigenvalue weighted by Gasteiger charge is 2.22. The van der Waals surface area contributed by atoms with E-state index in [0.29, 0.717) is 23.4 Å². The smallest absolute Gasteiger partial charge is 0.273 e. The molecule has 2 aromatic carbocycles. The van der Waals surface area contributed by atoms with E-state index in [2.05, 4.69) is 23.2 Å². The molecule has 0 saturated heterocycles. The van der Waals surface area contributed by atoms with E-state index in [1.54, 1.807) is 36.4 Å². The van der Waals surface area contributed by atoms with Gasteiger partial charge in [-0.15, -0.1) is 0 Å². The first-order valence-corrected chi connectivity index (χ1v) is 8.44. The number of nitrogens with one attached hydrogen (secondary N) is 1. The zero-order valence-electron chi connectivity index (χ0n) is 14.0. The Morgan fingerprint density at radius 1 is 1.19 bits per heavy atom. The van der Waals surface area contributed by atoms with Crippen LogP contribution in [-0.4, -0.2) is 16.9 Å². The molecule has 0 fully saturated rings. The van der Waals surface area contributed by atoms with Crippen molar-refractivity contribution in [3.63, 3.8) is 0 Å². The fourth-order valence-corrected chi connectivity index (χ4v) is 3.07. The molecule has 0 aromatic heterocycles. The molecule has 2 amide bonds. The molecule has 0 aliphatic carbocycles. The summed E-state index contributed by atoms with van der Waals surface area (Å²) in [6.45, 7) is 1.95. The van der Waals surface area contributed by atoms with E-state index in [0.717, 1.165) is 11.3 Å². The summed E-state index contributed by atoms with van der Waals surface area (Å²) in [6, 6.07) is 16.0. The number of hydrogen-bond donors (Lipinski definition) is 2. The molecule has 0 bridgehead atoms. The van der Waals surface area contributed by atoms with E-state index in [1.807, 2.05) is 25.1 Å². The Hall–Kier alpha value is -3.11. The Kier molecular flexibility index (Phi) is 5.05. The number of hydrogen-bond acceptors (Lipinski definition) is 4. The first-order chi connectivity index (χ1) is 12.5. The molecular weight excluding hydrogens is 348 g/mol. The van der Waals surface area contributed by atoms with Gasteiger partial charge >= 0.3 is 0 Å². The normalized spacial score (nSPS) is 16.3. The van der Waals surface area contributed by atoms with Crippen molar-refractivity contribution >= 4 is 40.9 Å². The maximum atomic E-state index is 12.0. The molecule has 0 saturated carbocycles. The molecule has 26 heavy (non-hydrogen) atoms. The van der Waals surface area contributed by atoms with Crippen LogP contribution in [0.1, 0.15) is 24.5 Å². The van der Waals surface area contributed by atoms with Crippen LogP contribution >= 0.6 is 12.6 Å². The molecule has 0 spiro atoms. The first-order valence-electron chi connectivity index (χ1n) is 7.99. The molecule has 1 aliphatic heterocycles. The second-order valence-electron chi connectivity index (χ2n) is 5.96. The van der Waals surface area contributed by atoms with Crippen LogP contribution in [0.4, 0.5) is 16.2 Å². The predicted octanol–water partition coefficient (Wildman–Crippen LogP) is 3.61. The zero-order valence-corrected chi connectivity index (χ0v) is 14.9. The Bertz CT molecular complexity index is 914. The molecule has 1 unspecified atom stereocenters. The van der Waals surface area contributed by atoms with Crippen molar-refractivity contribution in [2.24, 2.45) is 11.0 Å². The van der Waals surface area contributed by atoms with Crippen LogP contribution < -0.4 is 10.3 Å². The summed E-state index contributed by atoms with van der Waals surface area (Å²) in [5.74, 6) is -0.0683. The second-order valence-corrected chi connectivity index (χ2v) is 6.34. The number of anilines is 2. The van der Waals surface area contributed by atoms with Gasteiger partial charge in [-0.3, -0.25) is 14.5 Å². The van der Waals surface area contributed by atoms with Crippen molar-refractivity contribution in [3.8, 4) is 6.07 Å². The van der Waals surface area contributed by atoms with Gasteiger partial charge in [-0.05, 0) is 42.0 Å². The summed E-state index contributed by atoms with van der Waals surface area (Å²) < 4.78 is 0. The van der Waals surface area contributed by atoms with Crippen molar-refractivity contribution < 1.29 is 9.59 Å². The topological polar surface area (TPSA) is 85.6 Å². The number of carbonyl (C=O) groups is 2. The molecule has 1 aliphatic rings. The van der Waals surface area contributed by atoms with E-state index in [4.69, 9.17) is 5.26 Å². The van der Waals surface area contributed by atoms with E-state index in [-0.39, 0.29) is 11.8 Å². The maximum absolute atomic E-state index is 12.0. The molecule has 6 nitrogen and oxygen atoms in total. The van der Waals surface area contributed by atoms with Gasteiger partial charge in [0.05, 0.1) is 17.3 Å². The van der Waals surface area contributed by atoms with Crippen LogP contribution in [0.5, 0.6) is 0 Å². The number of hydrazone groups is 1. The minimum atomic E-state index is -0.432. The number of carbonyl (C=O) groups excluding carboxylic acids is 2. The van der Waals surface area contributed by atoms with Gasteiger partial charge < -0.3 is 0 Å². The van der Waals surface area contributed by atoms with E-state index in [1.165, 1.54) is 4.90 Å². The summed E-state index contributed by atoms with van der Waals surface area (Å²) >= 11 is 3.97. The molecule has 130 valence electrons.